The highest BCUT2D eigenvalue weighted by molar-refractivity contribution is 5.06. The average Bonchev–Trinajstić information content (AvgIpc) is 2.52. The predicted octanol–water partition coefficient (Wildman–Crippen LogP) is 1.38. The second kappa shape index (κ2) is 3.83. The van der Waals surface area contributed by atoms with Crippen LogP contribution >= 0.6 is 0 Å². The fourth-order valence-electron chi connectivity index (χ4n) is 1.00. The molecule has 0 aromatic carbocycles. The van der Waals surface area contributed by atoms with Gasteiger partial charge in [0.15, 0.2) is 0 Å². The van der Waals surface area contributed by atoms with Gasteiger partial charge in [-0.2, -0.15) is 13.9 Å². The highest BCUT2D eigenvalue weighted by Crippen LogP contribution is 2.29. The molecule has 0 amide bonds. The van der Waals surface area contributed by atoms with E-state index in [0.29, 0.717) is 6.54 Å². The lowest BCUT2D eigenvalue weighted by molar-refractivity contribution is -0.0315. The number of halogens is 2. The Morgan fingerprint density at radius 1 is 1.62 bits per heavy atom. The highest BCUT2D eigenvalue weighted by atomic mass is 19.3. The van der Waals surface area contributed by atoms with E-state index >= 15 is 0 Å². The number of hydrogen-bond acceptors (Lipinski definition) is 2. The van der Waals surface area contributed by atoms with Crippen molar-refractivity contribution in [1.82, 2.24) is 9.78 Å². The van der Waals surface area contributed by atoms with Crippen molar-refractivity contribution in [3.8, 4) is 0 Å². The fourth-order valence-corrected chi connectivity index (χ4v) is 1.00. The Morgan fingerprint density at radius 3 is 2.77 bits per heavy atom. The van der Waals surface area contributed by atoms with Gasteiger partial charge in [0.25, 0.3) is 5.92 Å². The number of nitrogens with zero attached hydrogens (tertiary/aromatic N) is 2. The summed E-state index contributed by atoms with van der Waals surface area (Å²) < 4.78 is 27.6. The number of alkyl halides is 2. The Bertz CT molecular complexity index is 273. The van der Waals surface area contributed by atoms with Gasteiger partial charge < -0.3 is 5.11 Å². The minimum Gasteiger partial charge on any atom is -0.396 e. The molecule has 1 aromatic rings. The van der Waals surface area contributed by atoms with Gasteiger partial charge in [-0.3, -0.25) is 4.68 Å². The van der Waals surface area contributed by atoms with Gasteiger partial charge in [-0.15, -0.1) is 0 Å². The molecule has 1 rings (SSSR count). The summed E-state index contributed by atoms with van der Waals surface area (Å²) in [5.41, 5.74) is -0.275. The van der Waals surface area contributed by atoms with Gasteiger partial charge in [0.1, 0.15) is 5.69 Å². The molecule has 1 N–H and O–H groups in total. The Kier molecular flexibility index (Phi) is 2.98. The largest absolute Gasteiger partial charge is 0.396 e. The van der Waals surface area contributed by atoms with Crippen LogP contribution in [-0.2, 0) is 12.5 Å². The molecule has 0 aliphatic heterocycles. The van der Waals surface area contributed by atoms with Crippen molar-refractivity contribution >= 4 is 0 Å². The van der Waals surface area contributed by atoms with Crippen LogP contribution in [0.15, 0.2) is 12.3 Å². The molecule has 74 valence electrons. The first-order valence-corrected chi connectivity index (χ1v) is 4.12. The molecule has 1 heterocycles. The van der Waals surface area contributed by atoms with Crippen LogP contribution in [0.25, 0.3) is 0 Å². The maximum atomic E-state index is 13.1. The molecule has 0 saturated heterocycles. The summed E-state index contributed by atoms with van der Waals surface area (Å²) in [5.74, 6) is -3.02. The van der Waals surface area contributed by atoms with Crippen molar-refractivity contribution in [2.24, 2.45) is 0 Å². The molecule has 3 nitrogen and oxygen atoms in total. The topological polar surface area (TPSA) is 38.0 Å². The van der Waals surface area contributed by atoms with Gasteiger partial charge in [-0.25, -0.2) is 0 Å². The van der Waals surface area contributed by atoms with Crippen molar-refractivity contribution in [1.29, 1.82) is 0 Å². The van der Waals surface area contributed by atoms with Crippen molar-refractivity contribution < 1.29 is 13.9 Å². The molecule has 1 aromatic heterocycles. The first-order chi connectivity index (χ1) is 6.10. The molecule has 0 spiro atoms. The normalized spacial score (nSPS) is 12.0. The van der Waals surface area contributed by atoms with E-state index in [2.05, 4.69) is 5.10 Å². The van der Waals surface area contributed by atoms with E-state index in [4.69, 9.17) is 5.11 Å². The maximum Gasteiger partial charge on any atom is 0.293 e. The van der Waals surface area contributed by atoms with Gasteiger partial charge in [0.2, 0.25) is 0 Å². The number of aliphatic hydroxyl groups is 1. The number of aryl methyl sites for hydroxylation is 1. The number of aliphatic hydroxyl groups excluding tert-OH is 1. The molecular weight excluding hydrogens is 178 g/mol. The molecule has 0 aliphatic rings. The smallest absolute Gasteiger partial charge is 0.293 e. The van der Waals surface area contributed by atoms with Crippen LogP contribution in [0.4, 0.5) is 8.78 Å². The summed E-state index contributed by atoms with van der Waals surface area (Å²) in [6.07, 6.45) is 0.925. The summed E-state index contributed by atoms with van der Waals surface area (Å²) in [6, 6.07) is 1.28. The second-order valence-electron chi connectivity index (χ2n) is 2.73. The summed E-state index contributed by atoms with van der Waals surface area (Å²) >= 11 is 0. The van der Waals surface area contributed by atoms with Crippen LogP contribution < -0.4 is 0 Å². The number of aromatic nitrogens is 2. The minimum absolute atomic E-state index is 0.275. The van der Waals surface area contributed by atoms with Crippen LogP contribution in [0.3, 0.4) is 0 Å². The molecule has 0 saturated carbocycles. The lowest BCUT2D eigenvalue weighted by Crippen LogP contribution is -2.16. The molecular formula is C8H12F2N2O. The molecule has 0 bridgehead atoms. The van der Waals surface area contributed by atoms with E-state index in [1.54, 1.807) is 0 Å². The van der Waals surface area contributed by atoms with Crippen LogP contribution in [0.2, 0.25) is 0 Å². The van der Waals surface area contributed by atoms with Gasteiger partial charge in [0.05, 0.1) is 0 Å². The Balaban J connectivity index is 2.80. The van der Waals surface area contributed by atoms with Crippen LogP contribution in [-0.4, -0.2) is 21.5 Å². The minimum atomic E-state index is -3.02. The first kappa shape index (κ1) is 10.1. The molecule has 0 radical (unpaired) electrons. The summed E-state index contributed by atoms with van der Waals surface area (Å²) in [4.78, 5) is 0. The third-order valence-corrected chi connectivity index (χ3v) is 1.77. The van der Waals surface area contributed by atoms with Crippen molar-refractivity contribution in [2.75, 3.05) is 6.61 Å². The molecule has 13 heavy (non-hydrogen) atoms. The third-order valence-electron chi connectivity index (χ3n) is 1.77. The van der Waals surface area contributed by atoms with E-state index in [0.717, 1.165) is 0 Å². The fraction of sp³-hybridized carbons (Fsp3) is 0.625. The van der Waals surface area contributed by atoms with Crippen molar-refractivity contribution in [3.05, 3.63) is 18.0 Å². The van der Waals surface area contributed by atoms with E-state index in [1.807, 2.05) is 6.92 Å². The van der Waals surface area contributed by atoms with Crippen LogP contribution in [0.1, 0.15) is 19.0 Å². The number of rotatable bonds is 4. The van der Waals surface area contributed by atoms with Crippen molar-refractivity contribution in [3.63, 3.8) is 0 Å². The zero-order chi connectivity index (χ0) is 9.90. The standard InChI is InChI=1S/C8H12F2N2O/c1-2-12-5-3-7(11-12)8(9,10)4-6-13/h3,5,13H,2,4,6H2,1H3. The third kappa shape index (κ3) is 2.24. The Hall–Kier alpha value is -0.970. The van der Waals surface area contributed by atoms with E-state index in [9.17, 15) is 8.78 Å². The number of hydrogen-bond donors (Lipinski definition) is 1. The Labute approximate surface area is 75.0 Å². The van der Waals surface area contributed by atoms with Crippen LogP contribution in [0.5, 0.6) is 0 Å². The monoisotopic (exact) mass is 190 g/mol. The maximum absolute atomic E-state index is 13.1. The second-order valence-corrected chi connectivity index (χ2v) is 2.73. The SMILES string of the molecule is CCn1ccc(C(F)(F)CCO)n1. The van der Waals surface area contributed by atoms with Gasteiger partial charge in [-0.05, 0) is 13.0 Å². The van der Waals surface area contributed by atoms with E-state index < -0.39 is 19.0 Å². The predicted molar refractivity (Wildman–Crippen MR) is 43.5 cm³/mol. The Morgan fingerprint density at radius 2 is 2.31 bits per heavy atom. The van der Waals surface area contributed by atoms with Crippen molar-refractivity contribution in [2.45, 2.75) is 25.8 Å². The lowest BCUT2D eigenvalue weighted by atomic mass is 10.2. The first-order valence-electron chi connectivity index (χ1n) is 4.12. The molecule has 5 heteroatoms. The van der Waals surface area contributed by atoms with Gasteiger partial charge in [-0.1, -0.05) is 0 Å². The van der Waals surface area contributed by atoms with E-state index in [1.165, 1.54) is 16.9 Å². The zero-order valence-electron chi connectivity index (χ0n) is 7.37. The highest BCUT2D eigenvalue weighted by Gasteiger charge is 2.33. The summed E-state index contributed by atoms with van der Waals surface area (Å²) in [5, 5.41) is 12.1. The van der Waals surface area contributed by atoms with Gasteiger partial charge in [0, 0.05) is 25.8 Å². The summed E-state index contributed by atoms with van der Waals surface area (Å²) in [7, 11) is 0. The van der Waals surface area contributed by atoms with E-state index in [-0.39, 0.29) is 5.69 Å². The molecule has 0 atom stereocenters. The van der Waals surface area contributed by atoms with Crippen LogP contribution in [0, 0.1) is 0 Å². The average molecular weight is 190 g/mol. The zero-order valence-corrected chi connectivity index (χ0v) is 7.37. The molecule has 0 aliphatic carbocycles. The summed E-state index contributed by atoms with van der Waals surface area (Å²) in [6.45, 7) is 1.85. The molecule has 0 unspecified atom stereocenters. The quantitative estimate of drug-likeness (QED) is 0.778. The van der Waals surface area contributed by atoms with Gasteiger partial charge >= 0.3 is 0 Å². The lowest BCUT2D eigenvalue weighted by Gasteiger charge is -2.11. The molecule has 0 fully saturated rings.